The van der Waals surface area contributed by atoms with Crippen LogP contribution >= 0.6 is 19.4 Å². The number of halogens is 1. The number of phosphoric ester groups is 1. The lowest BCUT2D eigenvalue weighted by molar-refractivity contribution is -0.137. The lowest BCUT2D eigenvalue weighted by Gasteiger charge is -2.23. The van der Waals surface area contributed by atoms with Crippen LogP contribution < -0.4 is 19.1 Å². The highest BCUT2D eigenvalue weighted by Gasteiger charge is 2.36. The van der Waals surface area contributed by atoms with Gasteiger partial charge in [0.15, 0.2) is 0 Å². The molecule has 0 spiro atoms. The minimum atomic E-state index is -4.92. The molecule has 0 aromatic heterocycles. The molecule has 63 heavy (non-hydrogen) atoms. The van der Waals surface area contributed by atoms with Crippen LogP contribution in [0.15, 0.2) is 72.8 Å². The van der Waals surface area contributed by atoms with E-state index in [2.05, 4.69) is 0 Å². The summed E-state index contributed by atoms with van der Waals surface area (Å²) in [6.45, 7) is 1.46. The van der Waals surface area contributed by atoms with Crippen LogP contribution in [0, 0.1) is 0 Å². The van der Waals surface area contributed by atoms with Crippen molar-refractivity contribution >= 4 is 88.0 Å². The van der Waals surface area contributed by atoms with Crippen LogP contribution in [0.25, 0.3) is 21.5 Å². The van der Waals surface area contributed by atoms with Crippen molar-refractivity contribution in [3.8, 4) is 11.5 Å². The van der Waals surface area contributed by atoms with Gasteiger partial charge in [-0.3, -0.25) is 38.7 Å². The fourth-order valence-electron chi connectivity index (χ4n) is 8.47. The number of amides is 6. The number of alkyl halides is 1. The highest BCUT2D eigenvalue weighted by Crippen LogP contribution is 2.49. The van der Waals surface area contributed by atoms with Crippen molar-refractivity contribution in [2.75, 3.05) is 62.5 Å². The van der Waals surface area contributed by atoms with Crippen LogP contribution in [0.3, 0.4) is 0 Å². The van der Waals surface area contributed by atoms with Crippen molar-refractivity contribution in [3.63, 3.8) is 0 Å². The molecule has 16 nitrogen and oxygen atoms in total. The minimum absolute atomic E-state index is 0.0272. The highest BCUT2D eigenvalue weighted by molar-refractivity contribution is 7.46. The summed E-state index contributed by atoms with van der Waals surface area (Å²) in [5, 5.41) is 2.73. The Labute approximate surface area is 369 Å². The summed E-state index contributed by atoms with van der Waals surface area (Å²) in [5.74, 6) is -0.983. The number of anilines is 2. The van der Waals surface area contributed by atoms with Crippen molar-refractivity contribution in [1.29, 1.82) is 0 Å². The molecule has 3 heterocycles. The zero-order valence-electron chi connectivity index (χ0n) is 35.0. The molecule has 7 rings (SSSR count). The van der Waals surface area contributed by atoms with Gasteiger partial charge in [-0.2, -0.15) is 0 Å². The molecule has 0 fully saturated rings. The maximum atomic E-state index is 13.8. The zero-order chi connectivity index (χ0) is 45.0. The molecular formula is C45H49ClN5O11P. The van der Waals surface area contributed by atoms with Crippen LogP contribution in [-0.2, 0) is 35.0 Å². The van der Waals surface area contributed by atoms with E-state index < -0.39 is 13.9 Å². The third-order valence-electron chi connectivity index (χ3n) is 11.8. The van der Waals surface area contributed by atoms with E-state index in [1.165, 1.54) is 28.0 Å². The normalized spacial score (nSPS) is 15.6. The van der Waals surface area contributed by atoms with Gasteiger partial charge in [-0.05, 0) is 47.6 Å². The molecular weight excluding hydrogens is 853 g/mol. The second-order valence-corrected chi connectivity index (χ2v) is 17.4. The van der Waals surface area contributed by atoms with E-state index in [0.29, 0.717) is 66.3 Å². The molecule has 18 heteroatoms. The molecule has 1 atom stereocenters. The summed E-state index contributed by atoms with van der Waals surface area (Å²) in [6, 6.07) is 17.7. The minimum Gasteiger partial charge on any atom is -0.409 e. The Morgan fingerprint density at radius 3 is 2.03 bits per heavy atom. The first kappa shape index (κ1) is 45.2. The standard InChI is InChI=1S/C45H49ClN5O11P/c1-47(39(52)15-4-3-9-21-50-42(55)18-19-43(50)56)23-24-48(2)45(57)61-37-25-35-31(30-11-5-6-12-32(30)37)20-22-49(35)40(53)16-10-17-41(54)51-28-29(27-46)44-34-14-8-7-13-33(34)38(26-36(44)51)62-63(58,59)60/h5-8,11-14,18-19,25-26,29H,3-4,9-10,15-17,20-24,27-28H2,1-2H3,(H2,58,59,60)/t29-/m1/s1. The number of imide groups is 1. The Bertz CT molecular complexity index is 2540. The Balaban J connectivity index is 0.945. The number of unbranched alkanes of at least 4 members (excludes halogenated alkanes) is 2. The SMILES string of the molecule is CN(CCN(C)C(=O)Oc1cc2c(c3ccccc13)CCN2C(=O)CCCC(=O)N1C[C@@H](CCl)c2c1cc(OP(=O)(O)O)c1ccccc21)C(=O)CCCCCN1C(=O)C=CC1=O. The van der Waals surface area contributed by atoms with Crippen molar-refractivity contribution in [2.45, 2.75) is 57.3 Å². The van der Waals surface area contributed by atoms with Crippen LogP contribution in [-0.4, -0.2) is 113 Å². The molecule has 0 unspecified atom stereocenters. The molecule has 2 N–H and O–H groups in total. The molecule has 3 aliphatic rings. The van der Waals surface area contributed by atoms with Crippen LogP contribution in [0.1, 0.15) is 62.0 Å². The van der Waals surface area contributed by atoms with E-state index >= 15 is 0 Å². The van der Waals surface area contributed by atoms with E-state index in [-0.39, 0.29) is 98.2 Å². The third kappa shape index (κ3) is 10.0. The maximum Gasteiger partial charge on any atom is 0.524 e. The molecule has 0 saturated carbocycles. The predicted octanol–water partition coefficient (Wildman–Crippen LogP) is 6.27. The topological polar surface area (TPSA) is 195 Å². The van der Waals surface area contributed by atoms with Gasteiger partial charge in [0.2, 0.25) is 17.7 Å². The summed E-state index contributed by atoms with van der Waals surface area (Å²) >= 11 is 6.38. The van der Waals surface area contributed by atoms with E-state index in [0.717, 1.165) is 16.5 Å². The van der Waals surface area contributed by atoms with E-state index in [1.807, 2.05) is 24.3 Å². The first-order valence-electron chi connectivity index (χ1n) is 20.9. The Morgan fingerprint density at radius 2 is 1.37 bits per heavy atom. The third-order valence-corrected chi connectivity index (χ3v) is 12.6. The number of rotatable bonds is 17. The highest BCUT2D eigenvalue weighted by atomic mass is 35.5. The van der Waals surface area contributed by atoms with Gasteiger partial charge < -0.3 is 28.9 Å². The Morgan fingerprint density at radius 1 is 0.762 bits per heavy atom. The molecule has 3 aliphatic heterocycles. The Hall–Kier alpha value is -5.80. The summed E-state index contributed by atoms with van der Waals surface area (Å²) in [7, 11) is -1.67. The number of phosphoric acid groups is 1. The first-order chi connectivity index (χ1) is 30.1. The number of hydrogen-bond donors (Lipinski definition) is 2. The number of hydrogen-bond acceptors (Lipinski definition) is 9. The van der Waals surface area contributed by atoms with Gasteiger partial charge >= 0.3 is 13.9 Å². The van der Waals surface area contributed by atoms with Crippen molar-refractivity contribution in [1.82, 2.24) is 14.7 Å². The number of ether oxygens (including phenoxy) is 1. The predicted molar refractivity (Wildman–Crippen MR) is 237 cm³/mol. The fraction of sp³-hybridized carbons (Fsp3) is 0.378. The number of fused-ring (bicyclic) bond motifs is 6. The van der Waals surface area contributed by atoms with Gasteiger partial charge in [-0.15, -0.1) is 11.6 Å². The lowest BCUT2D eigenvalue weighted by atomic mass is 9.95. The van der Waals surface area contributed by atoms with E-state index in [1.54, 1.807) is 59.1 Å². The van der Waals surface area contributed by atoms with Crippen molar-refractivity contribution in [3.05, 3.63) is 83.9 Å². The van der Waals surface area contributed by atoms with Gasteiger partial charge in [0.1, 0.15) is 11.5 Å². The quantitative estimate of drug-likeness (QED) is 0.0525. The average molecular weight is 902 g/mol. The largest absolute Gasteiger partial charge is 0.524 e. The van der Waals surface area contributed by atoms with Gasteiger partial charge in [0, 0.05) is 113 Å². The molecule has 0 radical (unpaired) electrons. The molecule has 332 valence electrons. The second-order valence-electron chi connectivity index (χ2n) is 15.9. The smallest absolute Gasteiger partial charge is 0.409 e. The number of likely N-dealkylation sites (N-methyl/N-ethyl adjacent to an activating group) is 2. The number of carbonyl (C=O) groups is 6. The van der Waals surface area contributed by atoms with E-state index in [4.69, 9.17) is 20.9 Å². The van der Waals surface area contributed by atoms with Crippen molar-refractivity contribution in [2.24, 2.45) is 0 Å². The number of nitrogens with zero attached hydrogens (tertiary/aromatic N) is 5. The summed E-state index contributed by atoms with van der Waals surface area (Å²) < 4.78 is 22.8. The zero-order valence-corrected chi connectivity index (χ0v) is 36.7. The molecule has 0 aliphatic carbocycles. The molecule has 0 bridgehead atoms. The fourth-order valence-corrected chi connectivity index (χ4v) is 9.13. The monoisotopic (exact) mass is 901 g/mol. The maximum absolute atomic E-state index is 13.8. The van der Waals surface area contributed by atoms with Gasteiger partial charge in [0.05, 0.1) is 11.4 Å². The van der Waals surface area contributed by atoms with Crippen molar-refractivity contribution < 1.29 is 52.4 Å². The van der Waals surface area contributed by atoms with E-state index in [9.17, 15) is 43.1 Å². The second kappa shape index (κ2) is 19.3. The summed E-state index contributed by atoms with van der Waals surface area (Å²) in [4.78, 5) is 104. The van der Waals surface area contributed by atoms with Gasteiger partial charge in [-0.1, -0.05) is 55.0 Å². The number of benzene rings is 4. The molecule has 6 amide bonds. The van der Waals surface area contributed by atoms with Crippen LogP contribution in [0.2, 0.25) is 0 Å². The average Bonchev–Trinajstić information content (AvgIpc) is 3.96. The number of carbonyl (C=O) groups excluding carboxylic acids is 6. The lowest BCUT2D eigenvalue weighted by Crippen LogP contribution is -2.38. The molecule has 0 saturated heterocycles. The summed E-state index contributed by atoms with van der Waals surface area (Å²) in [5.41, 5.74) is 2.82. The first-order valence-corrected chi connectivity index (χ1v) is 22.9. The Kier molecular flexibility index (Phi) is 13.9. The molecule has 4 aromatic carbocycles. The van der Waals surface area contributed by atoms with Gasteiger partial charge in [-0.25, -0.2) is 9.36 Å². The summed E-state index contributed by atoms with van der Waals surface area (Å²) in [6.07, 6.45) is 4.93. The van der Waals surface area contributed by atoms with Crippen LogP contribution in [0.4, 0.5) is 16.2 Å². The molecule has 4 aromatic rings. The van der Waals surface area contributed by atoms with Gasteiger partial charge in [0.25, 0.3) is 11.8 Å². The van der Waals surface area contributed by atoms with Crippen LogP contribution in [0.5, 0.6) is 11.5 Å².